The second-order valence-electron chi connectivity index (χ2n) is 6.05. The molecule has 0 atom stereocenters. The SMILES string of the molecule is Cc1ccccc1CC(=O)NNC(=O)c1ccc(-c2ccccc2)cc1. The minimum atomic E-state index is -0.345. The second kappa shape index (κ2) is 8.12. The molecule has 4 heteroatoms. The van der Waals surface area contributed by atoms with Crippen LogP contribution in [-0.2, 0) is 11.2 Å². The van der Waals surface area contributed by atoms with Crippen molar-refractivity contribution in [1.82, 2.24) is 10.9 Å². The number of rotatable bonds is 4. The van der Waals surface area contributed by atoms with Gasteiger partial charge in [0.2, 0.25) is 5.91 Å². The van der Waals surface area contributed by atoms with Gasteiger partial charge in [-0.1, -0.05) is 66.7 Å². The molecule has 130 valence electrons. The quantitative estimate of drug-likeness (QED) is 0.710. The molecule has 0 heterocycles. The number of aryl methyl sites for hydroxylation is 1. The first-order valence-electron chi connectivity index (χ1n) is 8.42. The first-order valence-corrected chi connectivity index (χ1v) is 8.42. The molecule has 2 amide bonds. The maximum Gasteiger partial charge on any atom is 0.269 e. The molecule has 3 rings (SSSR count). The molecule has 26 heavy (non-hydrogen) atoms. The summed E-state index contributed by atoms with van der Waals surface area (Å²) in [7, 11) is 0. The molecule has 0 radical (unpaired) electrons. The molecule has 0 saturated carbocycles. The first-order chi connectivity index (χ1) is 12.6. The van der Waals surface area contributed by atoms with Gasteiger partial charge in [0, 0.05) is 5.56 Å². The Kier molecular flexibility index (Phi) is 5.44. The van der Waals surface area contributed by atoms with Gasteiger partial charge in [-0.15, -0.1) is 0 Å². The number of carbonyl (C=O) groups is 2. The van der Waals surface area contributed by atoms with Crippen LogP contribution in [0.15, 0.2) is 78.9 Å². The largest absolute Gasteiger partial charge is 0.273 e. The fourth-order valence-electron chi connectivity index (χ4n) is 2.67. The maximum atomic E-state index is 12.2. The van der Waals surface area contributed by atoms with Crippen LogP contribution in [0.5, 0.6) is 0 Å². The summed E-state index contributed by atoms with van der Waals surface area (Å²) in [6.45, 7) is 1.95. The van der Waals surface area contributed by atoms with Crippen molar-refractivity contribution >= 4 is 11.8 Å². The number of hydrogen-bond donors (Lipinski definition) is 2. The highest BCUT2D eigenvalue weighted by atomic mass is 16.2. The van der Waals surface area contributed by atoms with E-state index in [4.69, 9.17) is 0 Å². The summed E-state index contributed by atoms with van der Waals surface area (Å²) in [4.78, 5) is 24.2. The average molecular weight is 344 g/mol. The topological polar surface area (TPSA) is 58.2 Å². The Hall–Kier alpha value is -3.40. The normalized spacial score (nSPS) is 10.2. The van der Waals surface area contributed by atoms with E-state index in [9.17, 15) is 9.59 Å². The average Bonchev–Trinajstić information content (AvgIpc) is 2.69. The molecule has 0 aliphatic heterocycles. The summed E-state index contributed by atoms with van der Waals surface area (Å²) in [6.07, 6.45) is 0.222. The summed E-state index contributed by atoms with van der Waals surface area (Å²) in [6, 6.07) is 24.9. The Morgan fingerprint density at radius 3 is 2.04 bits per heavy atom. The lowest BCUT2D eigenvalue weighted by atomic mass is 10.0. The Labute approximate surface area is 152 Å². The van der Waals surface area contributed by atoms with Crippen LogP contribution in [-0.4, -0.2) is 11.8 Å². The molecule has 3 aromatic carbocycles. The van der Waals surface area contributed by atoms with Gasteiger partial charge in [-0.2, -0.15) is 0 Å². The fourth-order valence-corrected chi connectivity index (χ4v) is 2.67. The molecular formula is C22H20N2O2. The van der Waals surface area contributed by atoms with Crippen LogP contribution in [0.1, 0.15) is 21.5 Å². The van der Waals surface area contributed by atoms with Crippen LogP contribution in [0.25, 0.3) is 11.1 Å². The van der Waals surface area contributed by atoms with Gasteiger partial charge in [0.15, 0.2) is 0 Å². The number of hydrazine groups is 1. The van der Waals surface area contributed by atoms with E-state index >= 15 is 0 Å². The monoisotopic (exact) mass is 344 g/mol. The van der Waals surface area contributed by atoms with Gasteiger partial charge < -0.3 is 0 Å². The molecule has 0 aliphatic carbocycles. The molecule has 0 saturated heterocycles. The third-order valence-corrected chi connectivity index (χ3v) is 4.18. The highest BCUT2D eigenvalue weighted by Gasteiger charge is 2.09. The Morgan fingerprint density at radius 2 is 1.35 bits per heavy atom. The van der Waals surface area contributed by atoms with E-state index in [-0.39, 0.29) is 18.2 Å². The lowest BCUT2D eigenvalue weighted by Crippen LogP contribution is -2.42. The molecule has 0 aliphatic rings. The second-order valence-corrected chi connectivity index (χ2v) is 6.05. The van der Waals surface area contributed by atoms with E-state index in [1.807, 2.05) is 73.7 Å². The zero-order valence-corrected chi connectivity index (χ0v) is 14.5. The standard InChI is InChI=1S/C22H20N2O2/c1-16-7-5-6-10-20(16)15-21(25)23-24-22(26)19-13-11-18(12-14-19)17-8-3-2-4-9-17/h2-14H,15H2,1H3,(H,23,25)(H,24,26). The molecule has 0 spiro atoms. The van der Waals surface area contributed by atoms with Crippen molar-refractivity contribution < 1.29 is 9.59 Å². The van der Waals surface area contributed by atoms with E-state index < -0.39 is 0 Å². The van der Waals surface area contributed by atoms with Crippen molar-refractivity contribution in [2.24, 2.45) is 0 Å². The van der Waals surface area contributed by atoms with E-state index in [1.165, 1.54) is 0 Å². The predicted octanol–water partition coefficient (Wildman–Crippen LogP) is 3.67. The van der Waals surface area contributed by atoms with Gasteiger partial charge in [0.05, 0.1) is 6.42 Å². The Balaban J connectivity index is 1.56. The summed E-state index contributed by atoms with van der Waals surface area (Å²) in [5, 5.41) is 0. The summed E-state index contributed by atoms with van der Waals surface area (Å²) < 4.78 is 0. The van der Waals surface area contributed by atoms with Crippen LogP contribution in [0.4, 0.5) is 0 Å². The van der Waals surface area contributed by atoms with Crippen LogP contribution in [0, 0.1) is 6.92 Å². The molecule has 0 fully saturated rings. The first kappa shape index (κ1) is 17.4. The van der Waals surface area contributed by atoms with Crippen LogP contribution in [0.3, 0.4) is 0 Å². The summed E-state index contributed by atoms with van der Waals surface area (Å²) in [5.74, 6) is -0.601. The molecule has 0 unspecified atom stereocenters. The minimum absolute atomic E-state index is 0.222. The van der Waals surface area contributed by atoms with Gasteiger partial charge in [0.1, 0.15) is 0 Å². The van der Waals surface area contributed by atoms with Crippen molar-refractivity contribution in [2.75, 3.05) is 0 Å². The van der Waals surface area contributed by atoms with E-state index in [1.54, 1.807) is 12.1 Å². The van der Waals surface area contributed by atoms with Gasteiger partial charge in [-0.25, -0.2) is 0 Å². The molecule has 0 bridgehead atoms. The molecule has 2 N–H and O–H groups in total. The highest BCUT2D eigenvalue weighted by molar-refractivity contribution is 5.96. The highest BCUT2D eigenvalue weighted by Crippen LogP contribution is 2.19. The van der Waals surface area contributed by atoms with Crippen LogP contribution in [0.2, 0.25) is 0 Å². The van der Waals surface area contributed by atoms with Crippen LogP contribution >= 0.6 is 0 Å². The van der Waals surface area contributed by atoms with Gasteiger partial charge in [-0.3, -0.25) is 20.4 Å². The lowest BCUT2D eigenvalue weighted by molar-refractivity contribution is -0.121. The number of benzene rings is 3. The third kappa shape index (κ3) is 4.36. The van der Waals surface area contributed by atoms with Crippen molar-refractivity contribution in [3.8, 4) is 11.1 Å². The molecule has 3 aromatic rings. The van der Waals surface area contributed by atoms with E-state index in [0.29, 0.717) is 5.56 Å². The van der Waals surface area contributed by atoms with Gasteiger partial charge >= 0.3 is 0 Å². The summed E-state index contributed by atoms with van der Waals surface area (Å²) >= 11 is 0. The molecule has 0 aromatic heterocycles. The number of carbonyl (C=O) groups excluding carboxylic acids is 2. The third-order valence-electron chi connectivity index (χ3n) is 4.18. The Bertz CT molecular complexity index is 903. The zero-order chi connectivity index (χ0) is 18.4. The zero-order valence-electron chi connectivity index (χ0n) is 14.5. The van der Waals surface area contributed by atoms with Crippen LogP contribution < -0.4 is 10.9 Å². The molecular weight excluding hydrogens is 324 g/mol. The minimum Gasteiger partial charge on any atom is -0.273 e. The van der Waals surface area contributed by atoms with Crippen molar-refractivity contribution in [1.29, 1.82) is 0 Å². The number of hydrogen-bond acceptors (Lipinski definition) is 2. The van der Waals surface area contributed by atoms with Crippen molar-refractivity contribution in [2.45, 2.75) is 13.3 Å². The van der Waals surface area contributed by atoms with E-state index in [0.717, 1.165) is 22.3 Å². The van der Waals surface area contributed by atoms with Gasteiger partial charge in [-0.05, 0) is 41.3 Å². The molecule has 4 nitrogen and oxygen atoms in total. The van der Waals surface area contributed by atoms with E-state index in [2.05, 4.69) is 10.9 Å². The van der Waals surface area contributed by atoms with Crippen molar-refractivity contribution in [3.63, 3.8) is 0 Å². The van der Waals surface area contributed by atoms with Crippen molar-refractivity contribution in [3.05, 3.63) is 95.6 Å². The summed E-state index contributed by atoms with van der Waals surface area (Å²) in [5.41, 5.74) is 9.52. The Morgan fingerprint density at radius 1 is 0.731 bits per heavy atom. The predicted molar refractivity (Wildman–Crippen MR) is 102 cm³/mol. The lowest BCUT2D eigenvalue weighted by Gasteiger charge is -2.09. The fraction of sp³-hybridized carbons (Fsp3) is 0.0909. The van der Waals surface area contributed by atoms with Gasteiger partial charge in [0.25, 0.3) is 5.91 Å². The number of nitrogens with one attached hydrogen (secondary N) is 2. The maximum absolute atomic E-state index is 12.2. The number of amides is 2. The smallest absolute Gasteiger partial charge is 0.269 e.